The molecule has 0 N–H and O–H groups in total. The van der Waals surface area contributed by atoms with Crippen LogP contribution in [0.15, 0.2) is 36.9 Å². The number of piperidine rings is 3. The molecule has 30 heavy (non-hydrogen) atoms. The van der Waals surface area contributed by atoms with Crippen LogP contribution in [0.4, 0.5) is 0 Å². The van der Waals surface area contributed by atoms with Crippen LogP contribution in [0.5, 0.6) is 5.75 Å². The third-order valence-corrected chi connectivity index (χ3v) is 7.29. The second-order valence-corrected chi connectivity index (χ2v) is 9.09. The van der Waals surface area contributed by atoms with Gasteiger partial charge >= 0.3 is 0 Å². The van der Waals surface area contributed by atoms with Crippen molar-refractivity contribution in [1.29, 1.82) is 0 Å². The second kappa shape index (κ2) is 8.38. The van der Waals surface area contributed by atoms with Crippen molar-refractivity contribution in [2.75, 3.05) is 26.7 Å². The van der Waals surface area contributed by atoms with Gasteiger partial charge in [-0.2, -0.15) is 0 Å². The Labute approximate surface area is 178 Å². The molecule has 1 aromatic carbocycles. The molecule has 2 aromatic rings. The Balaban J connectivity index is 1.26. The van der Waals surface area contributed by atoms with Gasteiger partial charge in [0.1, 0.15) is 18.4 Å². The van der Waals surface area contributed by atoms with Crippen LogP contribution < -0.4 is 4.74 Å². The molecule has 0 unspecified atom stereocenters. The summed E-state index contributed by atoms with van der Waals surface area (Å²) in [4.78, 5) is 17.8. The maximum absolute atomic E-state index is 12.9. The summed E-state index contributed by atoms with van der Waals surface area (Å²) in [7, 11) is 1.72. The molecule has 1 aromatic heterocycles. The van der Waals surface area contributed by atoms with Crippen LogP contribution in [0, 0.1) is 11.8 Å². The van der Waals surface area contributed by atoms with Crippen molar-refractivity contribution in [3.8, 4) is 5.75 Å². The number of aryl methyl sites for hydroxylation is 1. The number of methoxy groups -OCH3 is 1. The summed E-state index contributed by atoms with van der Waals surface area (Å²) in [5.41, 5.74) is 1.40. The lowest BCUT2D eigenvalue weighted by Gasteiger charge is -2.55. The number of benzene rings is 1. The molecule has 0 spiro atoms. The first-order valence-corrected chi connectivity index (χ1v) is 11.2. The molecule has 3 saturated heterocycles. The number of amides is 1. The first-order chi connectivity index (χ1) is 14.7. The summed E-state index contributed by atoms with van der Waals surface area (Å²) in [6, 6.07) is 9.72. The van der Waals surface area contributed by atoms with E-state index in [2.05, 4.69) is 44.3 Å². The number of likely N-dealkylation sites (tertiary alicyclic amines) is 1. The van der Waals surface area contributed by atoms with Gasteiger partial charge in [-0.25, -0.2) is 0 Å². The molecule has 160 valence electrons. The fourth-order valence-corrected chi connectivity index (χ4v) is 5.92. The zero-order valence-corrected chi connectivity index (χ0v) is 17.7. The van der Waals surface area contributed by atoms with Gasteiger partial charge < -0.3 is 14.2 Å². The summed E-state index contributed by atoms with van der Waals surface area (Å²) >= 11 is 0. The molecule has 7 nitrogen and oxygen atoms in total. The van der Waals surface area contributed by atoms with E-state index >= 15 is 0 Å². The normalized spacial score (nSPS) is 28.8. The predicted molar refractivity (Wildman–Crippen MR) is 113 cm³/mol. The quantitative estimate of drug-likeness (QED) is 0.760. The lowest BCUT2D eigenvalue weighted by Crippen LogP contribution is -2.60. The molecule has 0 radical (unpaired) electrons. The Morgan fingerprint density at radius 2 is 1.90 bits per heavy atom. The number of carbonyl (C=O) groups excluding carboxylic acids is 1. The van der Waals surface area contributed by atoms with E-state index in [1.165, 1.54) is 31.2 Å². The van der Waals surface area contributed by atoms with Gasteiger partial charge in [-0.3, -0.25) is 9.69 Å². The molecule has 3 aliphatic heterocycles. The highest BCUT2D eigenvalue weighted by Gasteiger charge is 2.45. The third kappa shape index (κ3) is 3.83. The molecule has 5 rings (SSSR count). The summed E-state index contributed by atoms with van der Waals surface area (Å²) in [6.45, 7) is 3.57. The highest BCUT2D eigenvalue weighted by Crippen LogP contribution is 2.44. The van der Waals surface area contributed by atoms with E-state index in [1.54, 1.807) is 19.8 Å². The molecule has 4 heterocycles. The lowest BCUT2D eigenvalue weighted by molar-refractivity contribution is -0.139. The molecule has 0 saturated carbocycles. The van der Waals surface area contributed by atoms with Crippen molar-refractivity contribution in [3.63, 3.8) is 0 Å². The van der Waals surface area contributed by atoms with Crippen molar-refractivity contribution >= 4 is 5.91 Å². The van der Waals surface area contributed by atoms with Crippen LogP contribution in [-0.2, 0) is 11.3 Å². The molecular formula is C23H31N5O2. The van der Waals surface area contributed by atoms with Crippen LogP contribution in [0.2, 0.25) is 0 Å². The first-order valence-electron chi connectivity index (χ1n) is 11.2. The van der Waals surface area contributed by atoms with Crippen LogP contribution in [0.3, 0.4) is 0 Å². The number of fused-ring (bicyclic) bond motifs is 4. The van der Waals surface area contributed by atoms with Gasteiger partial charge in [-0.15, -0.1) is 10.2 Å². The molecule has 2 bridgehead atoms. The molecule has 3 aliphatic rings. The largest absolute Gasteiger partial charge is 0.497 e. The summed E-state index contributed by atoms with van der Waals surface area (Å²) in [6.07, 6.45) is 8.90. The zero-order valence-electron chi connectivity index (χ0n) is 17.7. The van der Waals surface area contributed by atoms with Gasteiger partial charge in [0, 0.05) is 44.7 Å². The standard InChI is InChI=1S/C23H31N5O2/c1-30-20-7-5-18(6-8-20)21-3-2-4-22-19-11-17(13-28(21)22)12-27(14-19)23(29)9-10-26-15-24-25-16-26/h5-8,15-17,19,21-22H,2-4,9-14H2,1H3/t17-,19+,21+,22-/m0/s1. The van der Waals surface area contributed by atoms with Gasteiger partial charge in [0.05, 0.1) is 7.11 Å². The Hall–Kier alpha value is -2.41. The van der Waals surface area contributed by atoms with Gasteiger partial charge in [0.25, 0.3) is 0 Å². The molecule has 1 amide bonds. The average molecular weight is 410 g/mol. The minimum absolute atomic E-state index is 0.273. The highest BCUT2D eigenvalue weighted by atomic mass is 16.5. The SMILES string of the molecule is COc1ccc([C@H]2CCC[C@H]3[C@@H]4C[C@@H](CN(C(=O)CCn5cnnc5)C4)CN23)cc1. The van der Waals surface area contributed by atoms with E-state index in [9.17, 15) is 4.79 Å². The number of hydrogen-bond acceptors (Lipinski definition) is 5. The molecule has 4 atom stereocenters. The Morgan fingerprint density at radius 1 is 1.10 bits per heavy atom. The van der Waals surface area contributed by atoms with Gasteiger partial charge in [0.2, 0.25) is 5.91 Å². The maximum atomic E-state index is 12.9. The fraction of sp³-hybridized carbons (Fsp3) is 0.609. The van der Waals surface area contributed by atoms with E-state index < -0.39 is 0 Å². The fourth-order valence-electron chi connectivity index (χ4n) is 5.92. The molecule has 3 fully saturated rings. The Morgan fingerprint density at radius 3 is 2.67 bits per heavy atom. The second-order valence-electron chi connectivity index (χ2n) is 9.09. The van der Waals surface area contributed by atoms with Crippen molar-refractivity contribution in [3.05, 3.63) is 42.5 Å². The third-order valence-electron chi connectivity index (χ3n) is 7.29. The monoisotopic (exact) mass is 409 g/mol. The number of ether oxygens (including phenoxy) is 1. The van der Waals surface area contributed by atoms with Crippen molar-refractivity contribution in [2.45, 2.75) is 50.7 Å². The lowest BCUT2D eigenvalue weighted by atomic mass is 9.74. The summed E-state index contributed by atoms with van der Waals surface area (Å²) < 4.78 is 7.22. The Bertz CT molecular complexity index is 853. The molecular weight excluding hydrogens is 378 g/mol. The maximum Gasteiger partial charge on any atom is 0.224 e. The van der Waals surface area contributed by atoms with Gasteiger partial charge in [0.15, 0.2) is 0 Å². The summed E-state index contributed by atoms with van der Waals surface area (Å²) in [5, 5.41) is 7.64. The van der Waals surface area contributed by atoms with Crippen molar-refractivity contribution in [2.24, 2.45) is 11.8 Å². The smallest absolute Gasteiger partial charge is 0.224 e. The average Bonchev–Trinajstić information content (AvgIpc) is 3.31. The summed E-state index contributed by atoms with van der Waals surface area (Å²) in [5.74, 6) is 2.37. The number of nitrogens with zero attached hydrogens (tertiary/aromatic N) is 5. The van der Waals surface area contributed by atoms with E-state index in [0.717, 1.165) is 25.4 Å². The predicted octanol–water partition coefficient (Wildman–Crippen LogP) is 2.75. The number of rotatable bonds is 5. The van der Waals surface area contributed by atoms with Gasteiger partial charge in [-0.05, 0) is 55.2 Å². The number of hydrogen-bond donors (Lipinski definition) is 0. The molecule has 7 heteroatoms. The van der Waals surface area contributed by atoms with Crippen LogP contribution in [0.25, 0.3) is 0 Å². The van der Waals surface area contributed by atoms with Crippen LogP contribution in [-0.4, -0.2) is 63.3 Å². The van der Waals surface area contributed by atoms with Crippen molar-refractivity contribution in [1.82, 2.24) is 24.6 Å². The van der Waals surface area contributed by atoms with E-state index in [-0.39, 0.29) is 5.91 Å². The van der Waals surface area contributed by atoms with Crippen LogP contribution >= 0.6 is 0 Å². The minimum Gasteiger partial charge on any atom is -0.497 e. The topological polar surface area (TPSA) is 63.5 Å². The Kier molecular flexibility index (Phi) is 5.46. The van der Waals surface area contributed by atoms with E-state index in [4.69, 9.17) is 4.74 Å². The number of aromatic nitrogens is 3. The van der Waals surface area contributed by atoms with Gasteiger partial charge in [-0.1, -0.05) is 12.1 Å². The van der Waals surface area contributed by atoms with Crippen LogP contribution in [0.1, 0.15) is 43.7 Å². The van der Waals surface area contributed by atoms with Crippen molar-refractivity contribution < 1.29 is 9.53 Å². The zero-order chi connectivity index (χ0) is 20.5. The van der Waals surface area contributed by atoms with E-state index in [1.807, 2.05) is 4.57 Å². The first kappa shape index (κ1) is 19.5. The number of carbonyl (C=O) groups is 1. The van der Waals surface area contributed by atoms with E-state index in [0.29, 0.717) is 36.9 Å². The minimum atomic E-state index is 0.273. The highest BCUT2D eigenvalue weighted by molar-refractivity contribution is 5.76. The molecule has 0 aliphatic carbocycles.